The minimum absolute atomic E-state index is 0. The normalized spacial score (nSPS) is 14.7. The Morgan fingerprint density at radius 1 is 1.12 bits per heavy atom. The quantitative estimate of drug-likeness (QED) is 0.185. The molecular weight excluding hydrogens is 556 g/mol. The zero-order chi connectivity index (χ0) is 27.9. The van der Waals surface area contributed by atoms with E-state index < -0.39 is 0 Å². The maximum atomic E-state index is 12.8. The minimum Gasteiger partial charge on any atom is -0.494 e. The van der Waals surface area contributed by atoms with Crippen molar-refractivity contribution in [2.45, 2.75) is 45.8 Å². The average molecular weight is 591 g/mol. The van der Waals surface area contributed by atoms with Crippen molar-refractivity contribution in [3.63, 3.8) is 0 Å². The molecule has 0 aliphatic carbocycles. The van der Waals surface area contributed by atoms with Crippen LogP contribution in [0.15, 0.2) is 73.1 Å². The summed E-state index contributed by atoms with van der Waals surface area (Å²) in [6.45, 7) is 5.89. The molecule has 1 fully saturated rings. The minimum atomic E-state index is 0. The third kappa shape index (κ3) is 8.00. The Kier molecular flexibility index (Phi) is 10.6. The number of benzene rings is 3. The molecule has 7 nitrogen and oxygen atoms in total. The number of hydrogen-bond acceptors (Lipinski definition) is 7. The number of ether oxygens (including phenoxy) is 2. The van der Waals surface area contributed by atoms with Crippen molar-refractivity contribution in [1.82, 2.24) is 15.3 Å². The third-order valence-electron chi connectivity index (χ3n) is 6.77. The van der Waals surface area contributed by atoms with Crippen LogP contribution in [0, 0.1) is 6.92 Å². The van der Waals surface area contributed by atoms with Crippen molar-refractivity contribution in [3.8, 4) is 11.5 Å². The first-order chi connectivity index (χ1) is 19.5. The summed E-state index contributed by atoms with van der Waals surface area (Å²) in [5, 5.41) is 8.01. The van der Waals surface area contributed by atoms with E-state index >= 15 is 0 Å². The van der Waals surface area contributed by atoms with Crippen LogP contribution in [0.3, 0.4) is 0 Å². The summed E-state index contributed by atoms with van der Waals surface area (Å²) in [4.78, 5) is 21.7. The summed E-state index contributed by atoms with van der Waals surface area (Å²) in [7, 11) is 0. The molecule has 0 radical (unpaired) electrons. The zero-order valence-corrected chi connectivity index (χ0v) is 25.0. The molecule has 0 saturated carbocycles. The molecule has 214 valence electrons. The van der Waals surface area contributed by atoms with Crippen LogP contribution in [0.25, 0.3) is 10.9 Å². The molecule has 0 amide bonds. The summed E-state index contributed by atoms with van der Waals surface area (Å²) in [5.41, 5.74) is 4.53. The molecule has 0 unspecified atom stereocenters. The Labute approximate surface area is 252 Å². The Hall–Kier alpha value is -3.59. The molecular formula is C32H35ClN4O3S. The summed E-state index contributed by atoms with van der Waals surface area (Å²) in [6.07, 6.45) is 7.55. The van der Waals surface area contributed by atoms with Gasteiger partial charge in [0.15, 0.2) is 5.78 Å². The first kappa shape index (κ1) is 30.4. The smallest absolute Gasteiger partial charge is 0.159 e. The Balaban J connectivity index is 0.00000387. The van der Waals surface area contributed by atoms with E-state index in [4.69, 9.17) is 21.1 Å². The molecule has 4 aromatic rings. The number of aryl methyl sites for hydroxylation is 1. The average Bonchev–Trinajstić information content (AvgIpc) is 3.46. The highest BCUT2D eigenvalue weighted by molar-refractivity contribution is 7.59. The monoisotopic (exact) mass is 590 g/mol. The van der Waals surface area contributed by atoms with E-state index in [9.17, 15) is 4.79 Å². The fourth-order valence-corrected chi connectivity index (χ4v) is 5.03. The lowest BCUT2D eigenvalue weighted by molar-refractivity contribution is -0.114. The van der Waals surface area contributed by atoms with E-state index in [1.807, 2.05) is 55.5 Å². The van der Waals surface area contributed by atoms with Gasteiger partial charge in [0, 0.05) is 35.2 Å². The number of hydrogen-bond donors (Lipinski definition) is 2. The van der Waals surface area contributed by atoms with Crippen LogP contribution in [-0.4, -0.2) is 34.9 Å². The van der Waals surface area contributed by atoms with Crippen LogP contribution in [0.5, 0.6) is 11.5 Å². The van der Waals surface area contributed by atoms with Crippen molar-refractivity contribution in [3.05, 3.63) is 94.8 Å². The van der Waals surface area contributed by atoms with E-state index in [1.54, 1.807) is 6.08 Å². The second-order valence-corrected chi connectivity index (χ2v) is 10.3. The first-order valence-electron chi connectivity index (χ1n) is 13.6. The third-order valence-corrected chi connectivity index (χ3v) is 7.06. The number of carbonyl (C=O) groups is 1. The fourth-order valence-electron chi connectivity index (χ4n) is 4.80. The van der Waals surface area contributed by atoms with Gasteiger partial charge in [-0.1, -0.05) is 47.5 Å². The second kappa shape index (κ2) is 14.3. The van der Waals surface area contributed by atoms with Crippen molar-refractivity contribution < 1.29 is 14.3 Å². The molecule has 1 aliphatic heterocycles. The van der Waals surface area contributed by atoms with Crippen molar-refractivity contribution in [1.29, 1.82) is 0 Å². The molecule has 0 spiro atoms. The number of rotatable bonds is 11. The number of nitrogens with one attached hydrogen (secondary N) is 2. The SMILES string of the molecule is CCOc1cc2ncnc(Nc3ccc(OCc4cccc(C)c4)c(Cl)c3)c2cc1CC(=O)/C=C/[C@@H]1CCCN1.S. The number of allylic oxidation sites excluding steroid dienone is 1. The number of fused-ring (bicyclic) bond motifs is 1. The fraction of sp³-hybridized carbons (Fsp3) is 0.281. The van der Waals surface area contributed by atoms with Gasteiger partial charge in [-0.3, -0.25) is 4.79 Å². The predicted octanol–water partition coefficient (Wildman–Crippen LogP) is 6.85. The van der Waals surface area contributed by atoms with Crippen LogP contribution in [0.4, 0.5) is 11.5 Å². The van der Waals surface area contributed by atoms with Gasteiger partial charge in [-0.2, -0.15) is 13.5 Å². The van der Waals surface area contributed by atoms with E-state index in [2.05, 4.69) is 39.7 Å². The van der Waals surface area contributed by atoms with Crippen molar-refractivity contribution in [2.24, 2.45) is 0 Å². The Bertz CT molecular complexity index is 1540. The van der Waals surface area contributed by atoms with Gasteiger partial charge in [0.1, 0.15) is 30.3 Å². The Morgan fingerprint density at radius 3 is 2.76 bits per heavy atom. The number of ketones is 1. The van der Waals surface area contributed by atoms with Gasteiger partial charge in [0.2, 0.25) is 0 Å². The molecule has 9 heteroatoms. The number of carbonyl (C=O) groups excluding carboxylic acids is 1. The van der Waals surface area contributed by atoms with Gasteiger partial charge in [-0.05, 0) is 69.1 Å². The van der Waals surface area contributed by atoms with E-state index in [-0.39, 0.29) is 31.7 Å². The first-order valence-corrected chi connectivity index (χ1v) is 14.0. The maximum absolute atomic E-state index is 12.8. The summed E-state index contributed by atoms with van der Waals surface area (Å²) in [5.74, 6) is 1.88. The molecule has 0 bridgehead atoms. The number of nitrogens with zero attached hydrogens (tertiary/aromatic N) is 2. The Morgan fingerprint density at radius 2 is 2.00 bits per heavy atom. The summed E-state index contributed by atoms with van der Waals surface area (Å²) in [6, 6.07) is 17.8. The molecule has 3 aromatic carbocycles. The lowest BCUT2D eigenvalue weighted by Crippen LogP contribution is -2.18. The number of aromatic nitrogens is 2. The van der Waals surface area contributed by atoms with Crippen LogP contribution in [0.1, 0.15) is 36.5 Å². The van der Waals surface area contributed by atoms with Gasteiger partial charge in [-0.15, -0.1) is 0 Å². The van der Waals surface area contributed by atoms with Crippen LogP contribution in [0.2, 0.25) is 5.02 Å². The zero-order valence-electron chi connectivity index (χ0n) is 23.2. The molecule has 5 rings (SSSR count). The largest absolute Gasteiger partial charge is 0.494 e. The highest BCUT2D eigenvalue weighted by atomic mass is 35.5. The molecule has 2 heterocycles. The van der Waals surface area contributed by atoms with E-state index in [0.717, 1.165) is 41.6 Å². The number of halogens is 1. The predicted molar refractivity (Wildman–Crippen MR) is 170 cm³/mol. The van der Waals surface area contributed by atoms with Gasteiger partial charge in [0.25, 0.3) is 0 Å². The molecule has 1 saturated heterocycles. The van der Waals surface area contributed by atoms with Gasteiger partial charge in [0.05, 0.1) is 17.1 Å². The molecule has 41 heavy (non-hydrogen) atoms. The number of anilines is 2. The molecule has 1 aliphatic rings. The molecule has 2 N–H and O–H groups in total. The van der Waals surface area contributed by atoms with Crippen molar-refractivity contribution in [2.75, 3.05) is 18.5 Å². The van der Waals surface area contributed by atoms with Gasteiger partial charge >= 0.3 is 0 Å². The van der Waals surface area contributed by atoms with Crippen LogP contribution >= 0.6 is 25.1 Å². The van der Waals surface area contributed by atoms with Crippen LogP contribution < -0.4 is 20.1 Å². The standard InChI is InChI=1S/C32H33ClN4O3.H2S/c1-3-39-31-18-29-27(16-23(31)15-26(38)11-9-24-8-5-13-34-24)32(36-20-35-29)37-25-10-12-30(28(33)17-25)40-19-22-7-4-6-21(2)14-22;/h4,6-7,9-12,14,16-18,20,24,34H,3,5,8,13,15,19H2,1-2H3,(H,35,36,37);1H2/b11-9+;/t24-;/m0./s1. The van der Waals surface area contributed by atoms with E-state index in [1.165, 1.54) is 11.9 Å². The topological polar surface area (TPSA) is 85.4 Å². The highest BCUT2D eigenvalue weighted by Crippen LogP contribution is 2.33. The summed E-state index contributed by atoms with van der Waals surface area (Å²) >= 11 is 6.56. The van der Waals surface area contributed by atoms with Crippen molar-refractivity contribution >= 4 is 53.3 Å². The maximum Gasteiger partial charge on any atom is 0.159 e. The second-order valence-electron chi connectivity index (χ2n) is 9.89. The molecule has 1 atom stereocenters. The van der Waals surface area contributed by atoms with Gasteiger partial charge in [-0.25, -0.2) is 9.97 Å². The lowest BCUT2D eigenvalue weighted by atomic mass is 10.0. The van der Waals surface area contributed by atoms with Gasteiger partial charge < -0.3 is 20.1 Å². The van der Waals surface area contributed by atoms with Crippen LogP contribution in [-0.2, 0) is 17.8 Å². The summed E-state index contributed by atoms with van der Waals surface area (Å²) < 4.78 is 11.8. The lowest BCUT2D eigenvalue weighted by Gasteiger charge is -2.14. The highest BCUT2D eigenvalue weighted by Gasteiger charge is 2.15. The molecule has 1 aromatic heterocycles. The van der Waals surface area contributed by atoms with E-state index in [0.29, 0.717) is 41.1 Å².